The van der Waals surface area contributed by atoms with E-state index in [1.165, 1.54) is 34.2 Å². The molecule has 2 aromatic heterocycles. The Kier molecular flexibility index (Phi) is 8.39. The second kappa shape index (κ2) is 11.2. The van der Waals surface area contributed by atoms with Gasteiger partial charge in [-0.1, -0.05) is 0 Å². The number of anilines is 1. The second-order valence-corrected chi connectivity index (χ2v) is 8.52. The summed E-state index contributed by atoms with van der Waals surface area (Å²) in [6.45, 7) is 1.81. The third kappa shape index (κ3) is 5.81. The Morgan fingerprint density at radius 3 is 2.65 bits per heavy atom. The van der Waals surface area contributed by atoms with Crippen molar-refractivity contribution in [2.45, 2.75) is 38.6 Å². The molecule has 0 aliphatic heterocycles. The average molecular weight is 448 g/mol. The molecule has 0 atom stereocenters. The lowest BCUT2D eigenvalue weighted by molar-refractivity contribution is 0.0948. The van der Waals surface area contributed by atoms with Crippen molar-refractivity contribution in [2.75, 3.05) is 39.3 Å². The van der Waals surface area contributed by atoms with Gasteiger partial charge in [-0.25, -0.2) is 0 Å². The maximum atomic E-state index is 12.9. The smallest absolute Gasteiger partial charge is 0.257 e. The average Bonchev–Trinajstić information content (AvgIpc) is 3.13. The quantitative estimate of drug-likeness (QED) is 0.545. The zero-order valence-electron chi connectivity index (χ0n) is 18.0. The molecule has 2 N–H and O–H groups in total. The Labute approximate surface area is 185 Å². The molecular formula is C22H29N3O5S. The van der Waals surface area contributed by atoms with Crippen LogP contribution in [0.4, 0.5) is 5.00 Å². The molecule has 0 radical (unpaired) electrons. The van der Waals surface area contributed by atoms with E-state index in [1.807, 2.05) is 0 Å². The molecule has 3 rings (SSSR count). The van der Waals surface area contributed by atoms with Crippen LogP contribution in [-0.2, 0) is 28.9 Å². The number of nitrogens with one attached hydrogen (secondary N) is 2. The molecule has 0 aromatic carbocycles. The van der Waals surface area contributed by atoms with Gasteiger partial charge in [-0.05, 0) is 43.7 Å². The third-order valence-electron chi connectivity index (χ3n) is 5.22. The van der Waals surface area contributed by atoms with Gasteiger partial charge in [-0.2, -0.15) is 0 Å². The van der Waals surface area contributed by atoms with Crippen LogP contribution in [0.2, 0.25) is 0 Å². The summed E-state index contributed by atoms with van der Waals surface area (Å²) in [4.78, 5) is 39.0. The molecule has 0 saturated heterocycles. The predicted octanol–water partition coefficient (Wildman–Crippen LogP) is 2.45. The number of carbonyl (C=O) groups excluding carboxylic acids is 2. The number of aromatic nitrogens is 1. The molecule has 2 heterocycles. The molecule has 9 heteroatoms. The van der Waals surface area contributed by atoms with Gasteiger partial charge >= 0.3 is 0 Å². The van der Waals surface area contributed by atoms with Crippen LogP contribution in [-0.4, -0.2) is 50.4 Å². The summed E-state index contributed by atoms with van der Waals surface area (Å²) in [5.74, 6) is -0.519. The van der Waals surface area contributed by atoms with Crippen molar-refractivity contribution < 1.29 is 19.1 Å². The molecule has 1 aliphatic rings. The van der Waals surface area contributed by atoms with Crippen molar-refractivity contribution in [3.63, 3.8) is 0 Å². The summed E-state index contributed by atoms with van der Waals surface area (Å²) in [6.07, 6.45) is 6.12. The van der Waals surface area contributed by atoms with E-state index in [0.29, 0.717) is 42.4 Å². The molecular weight excluding hydrogens is 418 g/mol. The maximum Gasteiger partial charge on any atom is 0.257 e. The minimum absolute atomic E-state index is 0.170. The highest BCUT2D eigenvalue weighted by atomic mass is 32.1. The van der Waals surface area contributed by atoms with E-state index in [2.05, 4.69) is 10.6 Å². The summed E-state index contributed by atoms with van der Waals surface area (Å²) in [7, 11) is 3.19. The topological polar surface area (TPSA) is 98.7 Å². The minimum Gasteiger partial charge on any atom is -0.385 e. The number of ether oxygens (including phenoxy) is 2. The van der Waals surface area contributed by atoms with Crippen LogP contribution in [0.5, 0.6) is 0 Å². The van der Waals surface area contributed by atoms with Crippen molar-refractivity contribution in [1.29, 1.82) is 0 Å². The van der Waals surface area contributed by atoms with E-state index in [1.54, 1.807) is 14.2 Å². The summed E-state index contributed by atoms with van der Waals surface area (Å²) < 4.78 is 11.5. The van der Waals surface area contributed by atoms with Crippen molar-refractivity contribution in [2.24, 2.45) is 0 Å². The zero-order chi connectivity index (χ0) is 22.2. The first-order valence-corrected chi connectivity index (χ1v) is 11.3. The van der Waals surface area contributed by atoms with Crippen molar-refractivity contribution >= 4 is 28.2 Å². The van der Waals surface area contributed by atoms with E-state index >= 15 is 0 Å². The predicted molar refractivity (Wildman–Crippen MR) is 120 cm³/mol. The Balaban J connectivity index is 1.82. The molecule has 0 bridgehead atoms. The van der Waals surface area contributed by atoms with Crippen LogP contribution in [0.3, 0.4) is 0 Å². The second-order valence-electron chi connectivity index (χ2n) is 7.41. The number of methoxy groups -OCH3 is 2. The third-order valence-corrected chi connectivity index (χ3v) is 6.43. The van der Waals surface area contributed by atoms with Crippen LogP contribution >= 0.6 is 11.3 Å². The number of hydrogen-bond donors (Lipinski definition) is 2. The molecule has 1 aliphatic carbocycles. The fourth-order valence-electron chi connectivity index (χ4n) is 3.61. The van der Waals surface area contributed by atoms with Gasteiger partial charge in [0.2, 0.25) is 0 Å². The molecule has 0 unspecified atom stereocenters. The van der Waals surface area contributed by atoms with Gasteiger partial charge in [0.1, 0.15) is 5.00 Å². The molecule has 0 spiro atoms. The number of thiophene rings is 1. The molecule has 8 nitrogen and oxygen atoms in total. The van der Waals surface area contributed by atoms with Crippen molar-refractivity contribution in [3.05, 3.63) is 50.3 Å². The highest BCUT2D eigenvalue weighted by Crippen LogP contribution is 2.38. The Hall–Kier alpha value is -2.49. The van der Waals surface area contributed by atoms with Crippen LogP contribution in [0.25, 0.3) is 0 Å². The first-order chi connectivity index (χ1) is 15.0. The van der Waals surface area contributed by atoms with Gasteiger partial charge in [0.05, 0.1) is 17.7 Å². The van der Waals surface area contributed by atoms with Crippen LogP contribution < -0.4 is 16.2 Å². The molecule has 168 valence electrons. The van der Waals surface area contributed by atoms with Crippen molar-refractivity contribution in [3.8, 4) is 0 Å². The van der Waals surface area contributed by atoms with Gasteiger partial charge in [0.15, 0.2) is 0 Å². The summed E-state index contributed by atoms with van der Waals surface area (Å²) in [5.41, 5.74) is 1.77. The normalized spacial score (nSPS) is 13.0. The molecule has 2 amide bonds. The van der Waals surface area contributed by atoms with Crippen molar-refractivity contribution in [1.82, 2.24) is 9.88 Å². The van der Waals surface area contributed by atoms with E-state index in [4.69, 9.17) is 9.47 Å². The summed E-state index contributed by atoms with van der Waals surface area (Å²) in [6, 6.07) is 2.87. The first kappa shape index (κ1) is 23.2. The highest BCUT2D eigenvalue weighted by Gasteiger charge is 2.26. The number of aryl methyl sites for hydroxylation is 1. The fraction of sp³-hybridized carbons (Fsp3) is 0.500. The Bertz CT molecular complexity index is 982. The van der Waals surface area contributed by atoms with Crippen LogP contribution in [0.1, 0.15) is 50.4 Å². The monoisotopic (exact) mass is 447 g/mol. The van der Waals surface area contributed by atoms with E-state index in [-0.39, 0.29) is 17.4 Å². The van der Waals surface area contributed by atoms with Gasteiger partial charge in [0.25, 0.3) is 17.4 Å². The van der Waals surface area contributed by atoms with E-state index in [9.17, 15) is 14.4 Å². The Morgan fingerprint density at radius 2 is 1.87 bits per heavy atom. The summed E-state index contributed by atoms with van der Waals surface area (Å²) >= 11 is 1.47. The van der Waals surface area contributed by atoms with Gasteiger partial charge in [-0.3, -0.25) is 14.4 Å². The number of nitrogens with zero attached hydrogens (tertiary/aromatic N) is 1. The molecule has 0 saturated carbocycles. The van der Waals surface area contributed by atoms with E-state index < -0.39 is 0 Å². The SMILES string of the molecule is COCCCNC(=O)c1c(NC(=O)c2ccc(=O)n(CCOC)c2)sc2c1CCCC2. The molecule has 0 fully saturated rings. The van der Waals surface area contributed by atoms with Gasteiger partial charge in [-0.15, -0.1) is 11.3 Å². The van der Waals surface area contributed by atoms with E-state index in [0.717, 1.165) is 42.5 Å². The first-order valence-electron chi connectivity index (χ1n) is 10.5. The number of fused-ring (bicyclic) bond motifs is 1. The lowest BCUT2D eigenvalue weighted by Crippen LogP contribution is -2.27. The zero-order valence-corrected chi connectivity index (χ0v) is 18.8. The molecule has 2 aromatic rings. The lowest BCUT2D eigenvalue weighted by atomic mass is 9.95. The van der Waals surface area contributed by atoms with Crippen LogP contribution in [0, 0.1) is 0 Å². The maximum absolute atomic E-state index is 12.9. The summed E-state index contributed by atoms with van der Waals surface area (Å²) in [5, 5.41) is 6.42. The Morgan fingerprint density at radius 1 is 1.10 bits per heavy atom. The minimum atomic E-state index is -0.349. The van der Waals surface area contributed by atoms with Gasteiger partial charge in [0, 0.05) is 51.1 Å². The number of amides is 2. The number of pyridine rings is 1. The highest BCUT2D eigenvalue weighted by molar-refractivity contribution is 7.17. The van der Waals surface area contributed by atoms with Crippen LogP contribution in [0.15, 0.2) is 23.1 Å². The largest absolute Gasteiger partial charge is 0.385 e. The standard InChI is InChI=1S/C22H29N3O5S/c1-29-12-5-10-23-21(28)19-16-6-3-4-7-17(16)31-22(19)24-20(27)15-8-9-18(26)25(14-15)11-13-30-2/h8-9,14H,3-7,10-13H2,1-2H3,(H,23,28)(H,24,27). The lowest BCUT2D eigenvalue weighted by Gasteiger charge is -2.13. The number of carbonyl (C=O) groups is 2. The fourth-order valence-corrected chi connectivity index (χ4v) is 4.89. The number of rotatable bonds is 10. The van der Waals surface area contributed by atoms with Gasteiger partial charge < -0.3 is 24.7 Å². The number of hydrogen-bond acceptors (Lipinski definition) is 6. The molecule has 31 heavy (non-hydrogen) atoms.